The zero-order chi connectivity index (χ0) is 57.5. The summed E-state index contributed by atoms with van der Waals surface area (Å²) < 4.78 is 35.8. The molecular formula is C49H62N10O16S3. The molecule has 0 spiro atoms. The van der Waals surface area contributed by atoms with Gasteiger partial charge in [-0.05, 0) is 71.7 Å². The van der Waals surface area contributed by atoms with Crippen LogP contribution < -0.4 is 52.9 Å². The van der Waals surface area contributed by atoms with Crippen LogP contribution in [0.25, 0.3) is 10.9 Å². The molecule has 0 radical (unpaired) electrons. The van der Waals surface area contributed by atoms with Crippen LogP contribution in [-0.4, -0.2) is 160 Å². The molecule has 4 rings (SSSR count). The van der Waals surface area contributed by atoms with Crippen molar-refractivity contribution in [3.05, 3.63) is 102 Å². The van der Waals surface area contributed by atoms with Crippen LogP contribution in [0.3, 0.4) is 0 Å². The highest BCUT2D eigenvalue weighted by Gasteiger charge is 2.34. The Hall–Kier alpha value is -7.73. The number of thioether (sulfide) groups is 2. The fourth-order valence-corrected chi connectivity index (χ4v) is 8.92. The molecule has 0 fully saturated rings. The number of carbonyl (C=O) groups is 10. The van der Waals surface area contributed by atoms with Crippen molar-refractivity contribution < 1.29 is 75.3 Å². The third kappa shape index (κ3) is 21.4. The standard InChI is InChI=1S/C49H62N10O16S3/c1-76-18-16-34(55-47(69)37(58-44(66)32(50)23-41(61)62)21-28-12-14-30(15-13-28)75-78(72,73)74)45(67)53-26-40(60)54-38(22-29-25-52-33-11-7-6-10-31(29)33)48(70)56-35(17-19-77-2)46(68)59-39(24-42(63)64)49(71)57-36(43(51)65)20-27-8-4-3-5-9-27/h3-15,25,32,34-39,52H,16-24,26,50H2,1-2H3,(H2,51,65)(H,53,67)(H,54,60)(H,55,69)(H,56,70)(H,57,71)(H,58,66)(H,59,68)(H,61,62)(H,63,64)(H,72,73,74)/t32-,34?,35-,36?,37-,38-,39-/m0/s1. The van der Waals surface area contributed by atoms with Gasteiger partial charge in [0.25, 0.3) is 0 Å². The number of aromatic amines is 1. The Morgan fingerprint density at radius 2 is 1.08 bits per heavy atom. The van der Waals surface area contributed by atoms with Gasteiger partial charge in [-0.15, -0.1) is 0 Å². The number of aliphatic carboxylic acids is 2. The summed E-state index contributed by atoms with van der Waals surface area (Å²) in [5, 5.41) is 37.0. The molecule has 2 unspecified atom stereocenters. The maximum Gasteiger partial charge on any atom is 0.446 e. The Kier molecular flexibility index (Phi) is 24.9. The average Bonchev–Trinajstić information content (AvgIpc) is 3.80. The highest BCUT2D eigenvalue weighted by Crippen LogP contribution is 2.20. The van der Waals surface area contributed by atoms with Gasteiger partial charge in [-0.25, -0.2) is 0 Å². The number of carbonyl (C=O) groups excluding carboxylic acids is 8. The van der Waals surface area contributed by atoms with Crippen molar-refractivity contribution in [1.29, 1.82) is 0 Å². The minimum Gasteiger partial charge on any atom is -0.481 e. The number of rotatable bonds is 33. The minimum absolute atomic E-state index is 0.0132. The average molecular weight is 1140 g/mol. The van der Waals surface area contributed by atoms with Gasteiger partial charge in [0.05, 0.1) is 25.4 Å². The van der Waals surface area contributed by atoms with Crippen LogP contribution in [-0.2, 0) is 77.6 Å². The molecule has 0 aliphatic rings. The Bertz CT molecular complexity index is 2880. The lowest BCUT2D eigenvalue weighted by molar-refractivity contribution is -0.141. The number of nitrogens with one attached hydrogen (secondary N) is 8. The topological polar surface area (TPSA) is 427 Å². The van der Waals surface area contributed by atoms with Gasteiger partial charge in [0.15, 0.2) is 0 Å². The van der Waals surface area contributed by atoms with E-state index >= 15 is 0 Å². The third-order valence-electron chi connectivity index (χ3n) is 11.5. The first-order valence-electron chi connectivity index (χ1n) is 23.9. The van der Waals surface area contributed by atoms with E-state index in [9.17, 15) is 66.6 Å². The fourth-order valence-electron chi connectivity index (χ4n) is 7.63. The van der Waals surface area contributed by atoms with E-state index < -0.39 is 131 Å². The molecule has 0 saturated heterocycles. The molecule has 4 aromatic rings. The van der Waals surface area contributed by atoms with Crippen molar-refractivity contribution in [2.45, 2.75) is 87.2 Å². The molecular weight excluding hydrogens is 1080 g/mol. The number of hydrogen-bond acceptors (Lipinski definition) is 16. The Labute approximate surface area is 456 Å². The molecule has 29 heteroatoms. The second-order valence-corrected chi connectivity index (χ2v) is 20.5. The first-order chi connectivity index (χ1) is 37.0. The van der Waals surface area contributed by atoms with Crippen LogP contribution in [0.2, 0.25) is 0 Å². The first-order valence-corrected chi connectivity index (χ1v) is 28.0. The van der Waals surface area contributed by atoms with Gasteiger partial charge < -0.3 is 68.1 Å². The lowest BCUT2D eigenvalue weighted by atomic mass is 10.0. The molecule has 8 amide bonds. The molecule has 0 bridgehead atoms. The van der Waals surface area contributed by atoms with Gasteiger partial charge in [-0.2, -0.15) is 31.9 Å². The molecule has 422 valence electrons. The lowest BCUT2D eigenvalue weighted by Gasteiger charge is -2.26. The van der Waals surface area contributed by atoms with Crippen molar-refractivity contribution in [2.24, 2.45) is 11.5 Å². The summed E-state index contributed by atoms with van der Waals surface area (Å²) in [4.78, 5) is 135. The van der Waals surface area contributed by atoms with Crippen molar-refractivity contribution in [3.8, 4) is 5.75 Å². The molecule has 78 heavy (non-hydrogen) atoms. The van der Waals surface area contributed by atoms with E-state index in [2.05, 4.69) is 46.4 Å². The van der Waals surface area contributed by atoms with E-state index in [0.29, 0.717) is 33.3 Å². The van der Waals surface area contributed by atoms with Gasteiger partial charge in [-0.1, -0.05) is 60.7 Å². The number of fused-ring (bicyclic) bond motifs is 1. The SMILES string of the molecule is CSCCC(NC(=O)[C@H](Cc1ccc(OS(=O)(=O)O)cc1)NC(=O)[C@@H](N)CC(=O)O)C(=O)NCC(=O)N[C@@H](Cc1c[nH]c2ccccc12)C(=O)N[C@@H](CCSC)C(=O)N[C@@H](CC(=O)O)C(=O)NC(Cc1ccccc1)C(N)=O. The summed E-state index contributed by atoms with van der Waals surface area (Å²) in [5.41, 5.74) is 13.5. The molecule has 1 heterocycles. The van der Waals surface area contributed by atoms with E-state index in [4.69, 9.17) is 16.0 Å². The normalized spacial score (nSPS) is 13.9. The van der Waals surface area contributed by atoms with Crippen LogP contribution in [0, 0.1) is 0 Å². The summed E-state index contributed by atoms with van der Waals surface area (Å²) in [7, 11) is -4.87. The van der Waals surface area contributed by atoms with Gasteiger partial charge in [0, 0.05) is 36.4 Å². The van der Waals surface area contributed by atoms with Gasteiger partial charge in [0.2, 0.25) is 47.3 Å². The van der Waals surface area contributed by atoms with E-state index in [-0.39, 0.29) is 43.6 Å². The zero-order valence-electron chi connectivity index (χ0n) is 42.2. The molecule has 3 aromatic carbocycles. The van der Waals surface area contributed by atoms with Crippen molar-refractivity contribution >= 4 is 104 Å². The molecule has 1 aromatic heterocycles. The third-order valence-corrected chi connectivity index (χ3v) is 13.2. The quantitative estimate of drug-likeness (QED) is 0.0246. The lowest BCUT2D eigenvalue weighted by Crippen LogP contribution is -2.59. The predicted molar refractivity (Wildman–Crippen MR) is 287 cm³/mol. The minimum atomic E-state index is -4.87. The molecule has 26 nitrogen and oxygen atoms in total. The van der Waals surface area contributed by atoms with E-state index in [1.807, 2.05) is 0 Å². The van der Waals surface area contributed by atoms with Gasteiger partial charge >= 0.3 is 22.3 Å². The van der Waals surface area contributed by atoms with Gasteiger partial charge in [-0.3, -0.25) is 52.5 Å². The maximum absolute atomic E-state index is 14.3. The van der Waals surface area contributed by atoms with Crippen molar-refractivity contribution in [1.82, 2.24) is 42.2 Å². The van der Waals surface area contributed by atoms with Gasteiger partial charge in [0.1, 0.15) is 42.0 Å². The van der Waals surface area contributed by atoms with Crippen molar-refractivity contribution in [3.63, 3.8) is 0 Å². The zero-order valence-corrected chi connectivity index (χ0v) is 44.7. The summed E-state index contributed by atoms with van der Waals surface area (Å²) in [6, 6.07) is 10.2. The summed E-state index contributed by atoms with van der Waals surface area (Å²) in [5.74, 6) is -10.2. The van der Waals surface area contributed by atoms with Crippen LogP contribution >= 0.6 is 23.5 Å². The predicted octanol–water partition coefficient (Wildman–Crippen LogP) is -1.33. The van der Waals surface area contributed by atoms with E-state index in [1.165, 1.54) is 35.7 Å². The number of aromatic nitrogens is 1. The number of amides is 8. The summed E-state index contributed by atoms with van der Waals surface area (Å²) in [6.07, 6.45) is 2.78. The monoisotopic (exact) mass is 1140 g/mol. The summed E-state index contributed by atoms with van der Waals surface area (Å²) >= 11 is 2.61. The fraction of sp³-hybridized carbons (Fsp3) is 0.388. The number of nitrogens with two attached hydrogens (primary N) is 2. The molecule has 15 N–H and O–H groups in total. The second-order valence-electron chi connectivity index (χ2n) is 17.5. The highest BCUT2D eigenvalue weighted by atomic mass is 32.3. The smallest absolute Gasteiger partial charge is 0.446 e. The number of carboxylic acid groups (broad SMARTS) is 2. The number of benzene rings is 3. The highest BCUT2D eigenvalue weighted by molar-refractivity contribution is 7.98. The largest absolute Gasteiger partial charge is 0.481 e. The summed E-state index contributed by atoms with van der Waals surface area (Å²) in [6.45, 7) is -0.761. The molecule has 7 atom stereocenters. The number of carboxylic acids is 2. The van der Waals surface area contributed by atoms with E-state index in [0.717, 1.165) is 12.1 Å². The van der Waals surface area contributed by atoms with Crippen LogP contribution in [0.15, 0.2) is 85.1 Å². The number of hydrogen-bond donors (Lipinski definition) is 13. The Morgan fingerprint density at radius 3 is 1.65 bits per heavy atom. The number of H-pyrrole nitrogens is 1. The molecule has 0 saturated carbocycles. The number of para-hydroxylation sites is 1. The number of primary amides is 1. The first kappa shape index (κ1) is 62.8. The van der Waals surface area contributed by atoms with Crippen molar-refractivity contribution in [2.75, 3.05) is 30.6 Å². The van der Waals surface area contributed by atoms with Crippen LogP contribution in [0.5, 0.6) is 5.75 Å². The van der Waals surface area contributed by atoms with Crippen LogP contribution in [0.4, 0.5) is 0 Å². The Morgan fingerprint density at radius 1 is 0.590 bits per heavy atom. The second kappa shape index (κ2) is 30.9. The van der Waals surface area contributed by atoms with Crippen LogP contribution in [0.1, 0.15) is 42.4 Å². The molecule has 0 aliphatic heterocycles. The molecule has 0 aliphatic carbocycles. The Balaban J connectivity index is 1.54. The maximum atomic E-state index is 14.3. The van der Waals surface area contributed by atoms with E-state index in [1.54, 1.807) is 73.3 Å².